The molecule has 1 aliphatic rings. The number of rotatable bonds is 2. The van der Waals surface area contributed by atoms with Crippen LogP contribution in [0.2, 0.25) is 0 Å². The van der Waals surface area contributed by atoms with Gasteiger partial charge in [0.2, 0.25) is 5.91 Å². The number of carbonyl (C=O) groups is 2. The molecule has 2 aromatic rings. The fourth-order valence-corrected chi connectivity index (χ4v) is 2.73. The van der Waals surface area contributed by atoms with E-state index in [1.807, 2.05) is 30.3 Å². The van der Waals surface area contributed by atoms with Gasteiger partial charge in [0, 0.05) is 13.1 Å². The maximum absolute atomic E-state index is 12.6. The molecule has 1 fully saturated rings. The number of furan rings is 1. The maximum Gasteiger partial charge on any atom is 0.290 e. The molecule has 1 saturated heterocycles. The van der Waals surface area contributed by atoms with Crippen LogP contribution < -0.4 is 5.32 Å². The van der Waals surface area contributed by atoms with Crippen LogP contribution in [0.4, 0.5) is 0 Å². The van der Waals surface area contributed by atoms with E-state index in [1.165, 1.54) is 0 Å². The number of hydrogen-bond donors (Lipinski definition) is 1. The van der Waals surface area contributed by atoms with Gasteiger partial charge in [-0.15, -0.1) is 0 Å². The Balaban J connectivity index is 1.94. The summed E-state index contributed by atoms with van der Waals surface area (Å²) in [7, 11) is 0. The highest BCUT2D eigenvalue weighted by atomic mass is 79.9. The summed E-state index contributed by atoms with van der Waals surface area (Å²) in [5.74, 6) is -0.242. The van der Waals surface area contributed by atoms with Gasteiger partial charge in [0.25, 0.3) is 5.91 Å². The molecule has 0 spiro atoms. The highest BCUT2D eigenvalue weighted by Crippen LogP contribution is 2.26. The van der Waals surface area contributed by atoms with Gasteiger partial charge in [-0.25, -0.2) is 0 Å². The Kier molecular flexibility index (Phi) is 3.79. The number of piperazine rings is 1. The van der Waals surface area contributed by atoms with Gasteiger partial charge in [0.1, 0.15) is 6.04 Å². The van der Waals surface area contributed by atoms with Gasteiger partial charge in [0.15, 0.2) is 10.4 Å². The topological polar surface area (TPSA) is 62.6 Å². The molecular formula is C15H13BrN2O3. The first-order valence-electron chi connectivity index (χ1n) is 6.56. The molecule has 0 bridgehead atoms. The van der Waals surface area contributed by atoms with E-state index in [4.69, 9.17) is 4.42 Å². The van der Waals surface area contributed by atoms with E-state index in [2.05, 4.69) is 21.2 Å². The van der Waals surface area contributed by atoms with Gasteiger partial charge >= 0.3 is 0 Å². The molecule has 2 amide bonds. The van der Waals surface area contributed by atoms with E-state index < -0.39 is 6.04 Å². The Bertz CT molecular complexity index is 669. The predicted molar refractivity (Wildman–Crippen MR) is 79.6 cm³/mol. The van der Waals surface area contributed by atoms with E-state index >= 15 is 0 Å². The maximum atomic E-state index is 12.6. The van der Waals surface area contributed by atoms with E-state index in [-0.39, 0.29) is 17.6 Å². The summed E-state index contributed by atoms with van der Waals surface area (Å²) in [5.41, 5.74) is 0.786. The zero-order valence-corrected chi connectivity index (χ0v) is 12.7. The van der Waals surface area contributed by atoms with Crippen molar-refractivity contribution in [3.05, 3.63) is 58.5 Å². The third kappa shape index (κ3) is 2.71. The van der Waals surface area contributed by atoms with Gasteiger partial charge in [-0.3, -0.25) is 9.59 Å². The molecule has 1 atom stereocenters. The highest BCUT2D eigenvalue weighted by molar-refractivity contribution is 9.10. The highest BCUT2D eigenvalue weighted by Gasteiger charge is 2.35. The largest absolute Gasteiger partial charge is 0.444 e. The first-order chi connectivity index (χ1) is 10.2. The van der Waals surface area contributed by atoms with Crippen molar-refractivity contribution in [3.63, 3.8) is 0 Å². The number of carbonyl (C=O) groups excluding carboxylic acids is 2. The number of benzene rings is 1. The lowest BCUT2D eigenvalue weighted by molar-refractivity contribution is -0.128. The Morgan fingerprint density at radius 1 is 1.24 bits per heavy atom. The standard InChI is InChI=1S/C15H13BrN2O3/c16-12-7-6-11(21-12)15(20)18-9-8-17-14(19)13(18)10-4-2-1-3-5-10/h1-7,13H,8-9H2,(H,17,19). The predicted octanol–water partition coefficient (Wildman–Crippen LogP) is 2.36. The van der Waals surface area contributed by atoms with Gasteiger partial charge in [0.05, 0.1) is 0 Å². The first-order valence-corrected chi connectivity index (χ1v) is 7.35. The monoisotopic (exact) mass is 348 g/mol. The second-order valence-corrected chi connectivity index (χ2v) is 5.49. The Hall–Kier alpha value is -2.08. The van der Waals surface area contributed by atoms with Crippen LogP contribution >= 0.6 is 15.9 Å². The molecule has 21 heavy (non-hydrogen) atoms. The molecule has 1 aromatic heterocycles. The SMILES string of the molecule is O=C1NCCN(C(=O)c2ccc(Br)o2)C1c1ccccc1. The molecule has 0 aliphatic carbocycles. The molecule has 5 nitrogen and oxygen atoms in total. The zero-order chi connectivity index (χ0) is 14.8. The summed E-state index contributed by atoms with van der Waals surface area (Å²) in [6, 6.07) is 11.9. The fraction of sp³-hybridized carbons (Fsp3) is 0.200. The Labute approximate surface area is 130 Å². The van der Waals surface area contributed by atoms with Crippen molar-refractivity contribution in [1.82, 2.24) is 10.2 Å². The van der Waals surface area contributed by atoms with Crippen molar-refractivity contribution in [2.75, 3.05) is 13.1 Å². The summed E-state index contributed by atoms with van der Waals surface area (Å²) in [6.07, 6.45) is 0. The lowest BCUT2D eigenvalue weighted by atomic mass is 10.0. The average molecular weight is 349 g/mol. The number of hydrogen-bond acceptors (Lipinski definition) is 3. The molecule has 6 heteroatoms. The summed E-state index contributed by atoms with van der Waals surface area (Å²) in [4.78, 5) is 26.3. The molecule has 1 unspecified atom stereocenters. The lowest BCUT2D eigenvalue weighted by Crippen LogP contribution is -2.52. The molecule has 0 radical (unpaired) electrons. The average Bonchev–Trinajstić information content (AvgIpc) is 2.93. The van der Waals surface area contributed by atoms with Crippen LogP contribution in [-0.4, -0.2) is 29.8 Å². The van der Waals surface area contributed by atoms with E-state index in [1.54, 1.807) is 17.0 Å². The quantitative estimate of drug-likeness (QED) is 0.905. The van der Waals surface area contributed by atoms with Crippen molar-refractivity contribution >= 4 is 27.7 Å². The summed E-state index contributed by atoms with van der Waals surface area (Å²) in [6.45, 7) is 0.887. The number of amides is 2. The van der Waals surface area contributed by atoms with Crippen molar-refractivity contribution in [2.45, 2.75) is 6.04 Å². The second kappa shape index (κ2) is 5.73. The van der Waals surface area contributed by atoms with Crippen LogP contribution in [0.25, 0.3) is 0 Å². The molecule has 0 saturated carbocycles. The summed E-state index contributed by atoms with van der Waals surface area (Å²) < 4.78 is 5.80. The van der Waals surface area contributed by atoms with E-state index in [0.29, 0.717) is 17.8 Å². The number of nitrogens with one attached hydrogen (secondary N) is 1. The molecular weight excluding hydrogens is 336 g/mol. The van der Waals surface area contributed by atoms with Crippen LogP contribution in [0.3, 0.4) is 0 Å². The summed E-state index contributed by atoms with van der Waals surface area (Å²) in [5, 5.41) is 2.80. The second-order valence-electron chi connectivity index (χ2n) is 4.71. The van der Waals surface area contributed by atoms with E-state index in [0.717, 1.165) is 5.56 Å². The van der Waals surface area contributed by atoms with Gasteiger partial charge in [-0.1, -0.05) is 30.3 Å². The van der Waals surface area contributed by atoms with Crippen LogP contribution in [0.1, 0.15) is 22.2 Å². The first kappa shape index (κ1) is 13.9. The van der Waals surface area contributed by atoms with Crippen molar-refractivity contribution in [1.29, 1.82) is 0 Å². The van der Waals surface area contributed by atoms with Gasteiger partial charge in [-0.2, -0.15) is 0 Å². The minimum Gasteiger partial charge on any atom is -0.444 e. The molecule has 108 valence electrons. The third-order valence-corrected chi connectivity index (χ3v) is 3.80. The number of halogens is 1. The Morgan fingerprint density at radius 2 is 2.00 bits per heavy atom. The fourth-order valence-electron chi connectivity index (χ4n) is 2.42. The van der Waals surface area contributed by atoms with Crippen LogP contribution in [0.15, 0.2) is 51.6 Å². The molecule has 1 aliphatic heterocycles. The van der Waals surface area contributed by atoms with Gasteiger partial charge < -0.3 is 14.6 Å². The Morgan fingerprint density at radius 3 is 2.67 bits per heavy atom. The van der Waals surface area contributed by atoms with Gasteiger partial charge in [-0.05, 0) is 33.6 Å². The molecule has 1 N–H and O–H groups in total. The lowest BCUT2D eigenvalue weighted by Gasteiger charge is -2.34. The summed E-state index contributed by atoms with van der Waals surface area (Å²) >= 11 is 3.18. The van der Waals surface area contributed by atoms with Crippen LogP contribution in [-0.2, 0) is 4.79 Å². The van der Waals surface area contributed by atoms with Crippen molar-refractivity contribution in [3.8, 4) is 0 Å². The molecule has 1 aromatic carbocycles. The third-order valence-electron chi connectivity index (χ3n) is 3.37. The van der Waals surface area contributed by atoms with Crippen LogP contribution in [0, 0.1) is 0 Å². The van der Waals surface area contributed by atoms with Crippen molar-refractivity contribution < 1.29 is 14.0 Å². The normalized spacial score (nSPS) is 18.4. The van der Waals surface area contributed by atoms with E-state index in [9.17, 15) is 9.59 Å². The number of nitrogens with zero attached hydrogens (tertiary/aromatic N) is 1. The van der Waals surface area contributed by atoms with Crippen molar-refractivity contribution in [2.24, 2.45) is 0 Å². The van der Waals surface area contributed by atoms with Crippen LogP contribution in [0.5, 0.6) is 0 Å². The minimum atomic E-state index is -0.628. The molecule has 3 rings (SSSR count). The smallest absolute Gasteiger partial charge is 0.290 e. The molecule has 2 heterocycles. The minimum absolute atomic E-state index is 0.175. The zero-order valence-electron chi connectivity index (χ0n) is 11.1.